The molecule has 1 saturated heterocycles. The van der Waals surface area contributed by atoms with Crippen LogP contribution in [0.25, 0.3) is 0 Å². The third-order valence-electron chi connectivity index (χ3n) is 4.19. The molecule has 21 heavy (non-hydrogen) atoms. The van der Waals surface area contributed by atoms with Crippen LogP contribution >= 0.6 is 0 Å². The number of hydrogen-bond donors (Lipinski definition) is 1. The average molecular weight is 296 g/mol. The molecule has 2 atom stereocenters. The van der Waals surface area contributed by atoms with Gasteiger partial charge in [0.25, 0.3) is 0 Å². The summed E-state index contributed by atoms with van der Waals surface area (Å²) in [6, 6.07) is 0.231. The molecule has 0 aromatic rings. The molecule has 122 valence electrons. The molecule has 1 aliphatic rings. The minimum Gasteiger partial charge on any atom is -0.353 e. The van der Waals surface area contributed by atoms with Crippen molar-refractivity contribution in [1.29, 1.82) is 0 Å². The lowest BCUT2D eigenvalue weighted by Gasteiger charge is -2.33. The first-order valence-corrected chi connectivity index (χ1v) is 8.52. The largest absolute Gasteiger partial charge is 0.353 e. The van der Waals surface area contributed by atoms with E-state index in [0.717, 1.165) is 38.6 Å². The molecule has 0 bridgehead atoms. The van der Waals surface area contributed by atoms with E-state index in [1.165, 1.54) is 0 Å². The van der Waals surface area contributed by atoms with Crippen LogP contribution in [0, 0.1) is 11.8 Å². The van der Waals surface area contributed by atoms with Crippen LogP contribution in [0.5, 0.6) is 0 Å². The zero-order valence-electron chi connectivity index (χ0n) is 14.2. The Balaban J connectivity index is 2.44. The van der Waals surface area contributed by atoms with Crippen LogP contribution in [-0.2, 0) is 9.59 Å². The van der Waals surface area contributed by atoms with Gasteiger partial charge in [0.2, 0.25) is 11.8 Å². The van der Waals surface area contributed by atoms with Crippen molar-refractivity contribution >= 4 is 11.8 Å². The number of carbonyl (C=O) groups is 2. The molecule has 4 heteroatoms. The van der Waals surface area contributed by atoms with E-state index in [2.05, 4.69) is 33.0 Å². The topological polar surface area (TPSA) is 49.4 Å². The normalized spacial score (nSPS) is 20.4. The van der Waals surface area contributed by atoms with Gasteiger partial charge in [-0.15, -0.1) is 0 Å². The van der Waals surface area contributed by atoms with Gasteiger partial charge in [-0.05, 0) is 38.5 Å². The molecular weight excluding hydrogens is 264 g/mol. The first-order chi connectivity index (χ1) is 9.93. The molecule has 1 aliphatic heterocycles. The lowest BCUT2D eigenvalue weighted by Crippen LogP contribution is -2.47. The van der Waals surface area contributed by atoms with Crippen molar-refractivity contribution in [3.05, 3.63) is 0 Å². The maximum Gasteiger partial charge on any atom is 0.225 e. The van der Waals surface area contributed by atoms with E-state index >= 15 is 0 Å². The van der Waals surface area contributed by atoms with E-state index in [9.17, 15) is 9.59 Å². The number of nitrogens with zero attached hydrogens (tertiary/aromatic N) is 1. The van der Waals surface area contributed by atoms with Crippen LogP contribution in [0.1, 0.15) is 66.2 Å². The van der Waals surface area contributed by atoms with E-state index in [1.807, 2.05) is 4.90 Å². The third kappa shape index (κ3) is 6.49. The summed E-state index contributed by atoms with van der Waals surface area (Å²) in [4.78, 5) is 26.3. The molecule has 4 nitrogen and oxygen atoms in total. The first-order valence-electron chi connectivity index (χ1n) is 8.52. The number of carbonyl (C=O) groups excluding carboxylic acids is 2. The minimum absolute atomic E-state index is 0.0268. The van der Waals surface area contributed by atoms with Crippen LogP contribution in [-0.4, -0.2) is 35.8 Å². The Morgan fingerprint density at radius 2 is 1.95 bits per heavy atom. The highest BCUT2D eigenvalue weighted by atomic mass is 16.2. The standard InChI is InChI=1S/C17H32N2O2/c1-5-7-14(4)18-17(21)15-8-6-11-19(12-15)16(20)10-9-13(2)3/h13-15H,5-12H2,1-4H3,(H,18,21). The van der Waals surface area contributed by atoms with Gasteiger partial charge in [-0.2, -0.15) is 0 Å². The minimum atomic E-state index is -0.0268. The summed E-state index contributed by atoms with van der Waals surface area (Å²) in [5.41, 5.74) is 0. The summed E-state index contributed by atoms with van der Waals surface area (Å²) in [7, 11) is 0. The Labute approximate surface area is 129 Å². The second kappa shape index (κ2) is 9.06. The lowest BCUT2D eigenvalue weighted by molar-refractivity contribution is -0.136. The quantitative estimate of drug-likeness (QED) is 0.785. The summed E-state index contributed by atoms with van der Waals surface area (Å²) in [5, 5.41) is 3.08. The van der Waals surface area contributed by atoms with Crippen LogP contribution < -0.4 is 5.32 Å². The average Bonchev–Trinajstić information content (AvgIpc) is 2.45. The zero-order chi connectivity index (χ0) is 15.8. The maximum atomic E-state index is 12.3. The van der Waals surface area contributed by atoms with Crippen molar-refractivity contribution in [2.24, 2.45) is 11.8 Å². The second-order valence-electron chi connectivity index (χ2n) is 6.81. The Morgan fingerprint density at radius 3 is 2.57 bits per heavy atom. The van der Waals surface area contributed by atoms with E-state index in [-0.39, 0.29) is 23.8 Å². The summed E-state index contributed by atoms with van der Waals surface area (Å²) in [5.74, 6) is 0.855. The molecule has 0 spiro atoms. The molecule has 0 saturated carbocycles. The van der Waals surface area contributed by atoms with E-state index in [0.29, 0.717) is 18.9 Å². The molecule has 0 radical (unpaired) electrons. The second-order valence-corrected chi connectivity index (χ2v) is 6.81. The van der Waals surface area contributed by atoms with Crippen LogP contribution in [0.4, 0.5) is 0 Å². The van der Waals surface area contributed by atoms with Crippen LogP contribution in [0.2, 0.25) is 0 Å². The molecule has 1 rings (SSSR count). The van der Waals surface area contributed by atoms with Crippen LogP contribution in [0.3, 0.4) is 0 Å². The van der Waals surface area contributed by atoms with Crippen molar-refractivity contribution in [1.82, 2.24) is 10.2 Å². The molecule has 2 unspecified atom stereocenters. The fourth-order valence-corrected chi connectivity index (χ4v) is 2.85. The van der Waals surface area contributed by atoms with Crippen molar-refractivity contribution < 1.29 is 9.59 Å². The molecule has 1 heterocycles. The maximum absolute atomic E-state index is 12.3. The van der Waals surface area contributed by atoms with Gasteiger partial charge in [0.15, 0.2) is 0 Å². The van der Waals surface area contributed by atoms with Gasteiger partial charge >= 0.3 is 0 Å². The Hall–Kier alpha value is -1.06. The summed E-state index contributed by atoms with van der Waals surface area (Å²) >= 11 is 0. The number of hydrogen-bond acceptors (Lipinski definition) is 2. The Bertz CT molecular complexity index is 342. The van der Waals surface area contributed by atoms with Gasteiger partial charge in [0.05, 0.1) is 5.92 Å². The van der Waals surface area contributed by atoms with Crippen molar-refractivity contribution in [3.63, 3.8) is 0 Å². The summed E-state index contributed by atoms with van der Waals surface area (Å²) in [6.45, 7) is 9.85. The van der Waals surface area contributed by atoms with E-state index < -0.39 is 0 Å². The number of nitrogens with one attached hydrogen (secondary N) is 1. The van der Waals surface area contributed by atoms with Gasteiger partial charge in [-0.25, -0.2) is 0 Å². The number of amides is 2. The number of piperidine rings is 1. The third-order valence-corrected chi connectivity index (χ3v) is 4.19. The van der Waals surface area contributed by atoms with Gasteiger partial charge < -0.3 is 10.2 Å². The monoisotopic (exact) mass is 296 g/mol. The van der Waals surface area contributed by atoms with Crippen molar-refractivity contribution in [2.45, 2.75) is 72.3 Å². The zero-order valence-corrected chi connectivity index (χ0v) is 14.2. The van der Waals surface area contributed by atoms with Crippen molar-refractivity contribution in [2.75, 3.05) is 13.1 Å². The molecule has 1 N–H and O–H groups in total. The highest BCUT2D eigenvalue weighted by Crippen LogP contribution is 2.19. The Kier molecular flexibility index (Phi) is 7.76. The summed E-state index contributed by atoms with van der Waals surface area (Å²) < 4.78 is 0. The molecule has 0 aliphatic carbocycles. The molecular formula is C17H32N2O2. The predicted octanol–water partition coefficient (Wildman–Crippen LogP) is 2.97. The highest BCUT2D eigenvalue weighted by Gasteiger charge is 2.28. The van der Waals surface area contributed by atoms with Crippen LogP contribution in [0.15, 0.2) is 0 Å². The molecule has 0 aromatic heterocycles. The van der Waals surface area contributed by atoms with E-state index in [4.69, 9.17) is 0 Å². The number of rotatable bonds is 7. The molecule has 0 aromatic carbocycles. The fraction of sp³-hybridized carbons (Fsp3) is 0.882. The predicted molar refractivity (Wildman–Crippen MR) is 85.9 cm³/mol. The number of likely N-dealkylation sites (tertiary alicyclic amines) is 1. The molecule has 1 fully saturated rings. The SMILES string of the molecule is CCCC(C)NC(=O)C1CCCN(C(=O)CCC(C)C)C1. The van der Waals surface area contributed by atoms with Gasteiger partial charge in [-0.1, -0.05) is 27.2 Å². The van der Waals surface area contributed by atoms with Gasteiger partial charge in [-0.3, -0.25) is 9.59 Å². The summed E-state index contributed by atoms with van der Waals surface area (Å²) in [6.07, 6.45) is 5.46. The molecule has 2 amide bonds. The smallest absolute Gasteiger partial charge is 0.225 e. The highest BCUT2D eigenvalue weighted by molar-refractivity contribution is 5.81. The lowest BCUT2D eigenvalue weighted by atomic mass is 9.96. The Morgan fingerprint density at radius 1 is 1.24 bits per heavy atom. The van der Waals surface area contributed by atoms with Gasteiger partial charge in [0.1, 0.15) is 0 Å². The van der Waals surface area contributed by atoms with Gasteiger partial charge in [0, 0.05) is 25.6 Å². The van der Waals surface area contributed by atoms with Crippen molar-refractivity contribution in [3.8, 4) is 0 Å². The van der Waals surface area contributed by atoms with E-state index in [1.54, 1.807) is 0 Å². The fourth-order valence-electron chi connectivity index (χ4n) is 2.85. The first kappa shape index (κ1) is 18.0.